The van der Waals surface area contributed by atoms with Crippen molar-refractivity contribution in [2.24, 2.45) is 0 Å². The van der Waals surface area contributed by atoms with Crippen LogP contribution in [-0.4, -0.2) is 22.7 Å². The van der Waals surface area contributed by atoms with Gasteiger partial charge in [0.15, 0.2) is 16.6 Å². The highest BCUT2D eigenvalue weighted by Gasteiger charge is 2.15. The second-order valence-corrected chi connectivity index (χ2v) is 6.13. The lowest BCUT2D eigenvalue weighted by atomic mass is 10.3. The Morgan fingerprint density at radius 2 is 2.16 bits per heavy atom. The van der Waals surface area contributed by atoms with Crippen molar-refractivity contribution in [1.82, 2.24) is 15.3 Å². The molecular weight excluding hydrogens is 340 g/mol. The normalized spacial score (nSPS) is 12.0. The molecule has 2 aromatic heterocycles. The Balaban J connectivity index is 1.39. The molecule has 1 aliphatic heterocycles. The van der Waals surface area contributed by atoms with Crippen LogP contribution in [0, 0.1) is 0 Å². The van der Waals surface area contributed by atoms with Gasteiger partial charge in [-0.25, -0.2) is 4.98 Å². The Bertz CT molecular complexity index is 898. The molecule has 0 spiro atoms. The van der Waals surface area contributed by atoms with E-state index < -0.39 is 0 Å². The minimum atomic E-state index is -0.223. The number of thiazole rings is 1. The molecule has 0 radical (unpaired) electrons. The molecule has 1 aromatic carbocycles. The quantitative estimate of drug-likeness (QED) is 0.733. The van der Waals surface area contributed by atoms with Gasteiger partial charge >= 0.3 is 0 Å². The van der Waals surface area contributed by atoms with Crippen LogP contribution in [0.1, 0.15) is 16.1 Å². The molecule has 0 atom stereocenters. The predicted octanol–water partition coefficient (Wildman–Crippen LogP) is 2.94. The summed E-state index contributed by atoms with van der Waals surface area (Å²) in [7, 11) is 0. The average molecular weight is 354 g/mol. The number of ether oxygens (including phenoxy) is 2. The molecule has 0 fully saturated rings. The van der Waals surface area contributed by atoms with Crippen LogP contribution in [0.5, 0.6) is 11.5 Å². The number of hydrogen-bond donors (Lipinski definition) is 2. The van der Waals surface area contributed by atoms with Crippen molar-refractivity contribution in [2.45, 2.75) is 6.54 Å². The number of benzene rings is 1. The van der Waals surface area contributed by atoms with Gasteiger partial charge in [-0.15, -0.1) is 11.3 Å². The van der Waals surface area contributed by atoms with Gasteiger partial charge in [0.25, 0.3) is 5.91 Å². The van der Waals surface area contributed by atoms with E-state index in [9.17, 15) is 4.79 Å². The third-order valence-corrected chi connectivity index (χ3v) is 4.29. The molecule has 7 nitrogen and oxygen atoms in total. The lowest BCUT2D eigenvalue weighted by Gasteiger charge is -2.04. The van der Waals surface area contributed by atoms with Gasteiger partial charge in [-0.1, -0.05) is 6.07 Å². The molecule has 0 saturated carbocycles. The zero-order chi connectivity index (χ0) is 17.1. The first-order valence-corrected chi connectivity index (χ1v) is 8.45. The molecule has 0 unspecified atom stereocenters. The molecule has 1 amide bonds. The average Bonchev–Trinajstić information content (AvgIpc) is 3.29. The van der Waals surface area contributed by atoms with Crippen molar-refractivity contribution >= 4 is 28.1 Å². The fraction of sp³-hybridized carbons (Fsp3) is 0.118. The van der Waals surface area contributed by atoms with Crippen LogP contribution in [0.3, 0.4) is 0 Å². The van der Waals surface area contributed by atoms with Crippen LogP contribution in [0.15, 0.2) is 48.1 Å². The van der Waals surface area contributed by atoms with Crippen molar-refractivity contribution in [3.05, 3.63) is 59.4 Å². The Hall–Kier alpha value is -3.13. The highest BCUT2D eigenvalue weighted by Crippen LogP contribution is 2.35. The number of amides is 1. The highest BCUT2D eigenvalue weighted by atomic mass is 32.1. The number of rotatable bonds is 5. The van der Waals surface area contributed by atoms with E-state index in [1.807, 2.05) is 30.3 Å². The van der Waals surface area contributed by atoms with Gasteiger partial charge in [0.1, 0.15) is 5.69 Å². The third kappa shape index (κ3) is 3.53. The topological polar surface area (TPSA) is 85.4 Å². The molecule has 4 rings (SSSR count). The Labute approximate surface area is 147 Å². The minimum Gasteiger partial charge on any atom is -0.454 e. The smallest absolute Gasteiger partial charge is 0.271 e. The van der Waals surface area contributed by atoms with Crippen molar-refractivity contribution < 1.29 is 14.3 Å². The predicted molar refractivity (Wildman–Crippen MR) is 93.4 cm³/mol. The molecule has 0 bridgehead atoms. The zero-order valence-electron chi connectivity index (χ0n) is 13.1. The molecule has 2 N–H and O–H groups in total. The largest absolute Gasteiger partial charge is 0.454 e. The first-order valence-electron chi connectivity index (χ1n) is 7.57. The molecule has 0 aliphatic carbocycles. The Morgan fingerprint density at radius 1 is 1.24 bits per heavy atom. The summed E-state index contributed by atoms with van der Waals surface area (Å²) >= 11 is 1.36. The van der Waals surface area contributed by atoms with Crippen LogP contribution in [0.25, 0.3) is 0 Å². The lowest BCUT2D eigenvalue weighted by Crippen LogP contribution is -2.23. The third-order valence-electron chi connectivity index (χ3n) is 3.54. The number of nitrogens with one attached hydrogen (secondary N) is 2. The zero-order valence-corrected chi connectivity index (χ0v) is 13.9. The van der Waals surface area contributed by atoms with E-state index in [1.54, 1.807) is 17.8 Å². The van der Waals surface area contributed by atoms with E-state index in [2.05, 4.69) is 20.6 Å². The van der Waals surface area contributed by atoms with E-state index in [0.717, 1.165) is 17.0 Å². The molecule has 126 valence electrons. The van der Waals surface area contributed by atoms with Crippen molar-refractivity contribution in [1.29, 1.82) is 0 Å². The van der Waals surface area contributed by atoms with Crippen molar-refractivity contribution in [2.75, 3.05) is 12.1 Å². The molecule has 3 heterocycles. The summed E-state index contributed by atoms with van der Waals surface area (Å²) in [6.45, 7) is 0.645. The summed E-state index contributed by atoms with van der Waals surface area (Å²) < 4.78 is 10.6. The van der Waals surface area contributed by atoms with E-state index in [1.165, 1.54) is 11.3 Å². The molecule has 0 saturated heterocycles. The number of carbonyl (C=O) groups is 1. The second-order valence-electron chi connectivity index (χ2n) is 5.27. The minimum absolute atomic E-state index is 0.223. The van der Waals surface area contributed by atoms with Crippen molar-refractivity contribution in [3.8, 4) is 11.5 Å². The second kappa shape index (κ2) is 6.78. The lowest BCUT2D eigenvalue weighted by molar-refractivity contribution is 0.0946. The number of pyridine rings is 1. The summed E-state index contributed by atoms with van der Waals surface area (Å²) in [5.41, 5.74) is 2.13. The molecule has 8 heteroatoms. The van der Waals surface area contributed by atoms with Crippen LogP contribution >= 0.6 is 11.3 Å². The Kier molecular flexibility index (Phi) is 4.17. The van der Waals surface area contributed by atoms with Gasteiger partial charge < -0.3 is 20.1 Å². The molecule has 3 aromatic rings. The SMILES string of the molecule is O=C(NCc1cccnc1)c1csc(Nc2ccc3c(c2)OCO3)n1. The van der Waals surface area contributed by atoms with Gasteiger partial charge in [0.2, 0.25) is 6.79 Å². The van der Waals surface area contributed by atoms with Crippen LogP contribution in [0.2, 0.25) is 0 Å². The molecule has 1 aliphatic rings. The number of nitrogens with zero attached hydrogens (tertiary/aromatic N) is 2. The maximum Gasteiger partial charge on any atom is 0.271 e. The number of hydrogen-bond acceptors (Lipinski definition) is 7. The number of anilines is 2. The van der Waals surface area contributed by atoms with E-state index in [0.29, 0.717) is 23.1 Å². The maximum absolute atomic E-state index is 12.2. The van der Waals surface area contributed by atoms with Gasteiger partial charge in [-0.2, -0.15) is 0 Å². The van der Waals surface area contributed by atoms with Gasteiger partial charge in [-0.05, 0) is 23.8 Å². The summed E-state index contributed by atoms with van der Waals surface area (Å²) in [4.78, 5) is 20.5. The maximum atomic E-state index is 12.2. The van der Waals surface area contributed by atoms with Crippen LogP contribution < -0.4 is 20.1 Å². The van der Waals surface area contributed by atoms with E-state index in [4.69, 9.17) is 9.47 Å². The van der Waals surface area contributed by atoms with Gasteiger partial charge in [0.05, 0.1) is 0 Å². The first-order chi connectivity index (χ1) is 12.3. The number of fused-ring (bicyclic) bond motifs is 1. The first kappa shape index (κ1) is 15.4. The van der Waals surface area contributed by atoms with Gasteiger partial charge in [-0.3, -0.25) is 9.78 Å². The summed E-state index contributed by atoms with van der Waals surface area (Å²) in [5, 5.41) is 8.34. The fourth-order valence-corrected chi connectivity index (χ4v) is 3.02. The standard InChI is InChI=1S/C17H14N4O3S/c22-16(19-8-11-2-1-5-18-7-11)13-9-25-17(21-13)20-12-3-4-14-15(6-12)24-10-23-14/h1-7,9H,8,10H2,(H,19,22)(H,20,21). The van der Waals surface area contributed by atoms with Crippen molar-refractivity contribution in [3.63, 3.8) is 0 Å². The molecular formula is C17H14N4O3S. The molecule has 25 heavy (non-hydrogen) atoms. The van der Waals surface area contributed by atoms with E-state index >= 15 is 0 Å². The summed E-state index contributed by atoms with van der Waals surface area (Å²) in [5.74, 6) is 1.19. The summed E-state index contributed by atoms with van der Waals surface area (Å²) in [6, 6.07) is 9.28. The Morgan fingerprint density at radius 3 is 3.04 bits per heavy atom. The highest BCUT2D eigenvalue weighted by molar-refractivity contribution is 7.14. The monoisotopic (exact) mass is 354 g/mol. The summed E-state index contributed by atoms with van der Waals surface area (Å²) in [6.07, 6.45) is 3.41. The van der Waals surface area contributed by atoms with Crippen LogP contribution in [-0.2, 0) is 6.54 Å². The van der Waals surface area contributed by atoms with E-state index in [-0.39, 0.29) is 12.7 Å². The number of aromatic nitrogens is 2. The fourth-order valence-electron chi connectivity index (χ4n) is 2.31. The van der Waals surface area contributed by atoms with Crippen LogP contribution in [0.4, 0.5) is 10.8 Å². The number of carbonyl (C=O) groups excluding carboxylic acids is 1. The van der Waals surface area contributed by atoms with Gasteiger partial charge in [0, 0.05) is 36.1 Å².